The number of amides is 1. The van der Waals surface area contributed by atoms with Crippen LogP contribution in [0.25, 0.3) is 0 Å². The van der Waals surface area contributed by atoms with Crippen molar-refractivity contribution >= 4 is 11.6 Å². The largest absolute Gasteiger partial charge is 0.326 e. The lowest BCUT2D eigenvalue weighted by Gasteiger charge is -2.25. The SMILES string of the molecule is CC(C(=O)Nc1ccc(CN)cc1)N1CCC(C)(C)C1. The van der Waals surface area contributed by atoms with Crippen molar-refractivity contribution in [3.63, 3.8) is 0 Å². The first kappa shape index (κ1) is 15.0. The number of anilines is 1. The number of rotatable bonds is 4. The maximum Gasteiger partial charge on any atom is 0.241 e. The summed E-state index contributed by atoms with van der Waals surface area (Å²) in [6.07, 6.45) is 1.15. The van der Waals surface area contributed by atoms with Gasteiger partial charge in [0.05, 0.1) is 6.04 Å². The molecule has 1 fully saturated rings. The highest BCUT2D eigenvalue weighted by atomic mass is 16.2. The summed E-state index contributed by atoms with van der Waals surface area (Å²) in [5.41, 5.74) is 7.78. The van der Waals surface area contributed by atoms with Gasteiger partial charge in [0, 0.05) is 18.8 Å². The van der Waals surface area contributed by atoms with Gasteiger partial charge in [-0.1, -0.05) is 26.0 Å². The number of nitrogens with two attached hydrogens (primary N) is 1. The third-order valence-corrected chi connectivity index (χ3v) is 4.09. The van der Waals surface area contributed by atoms with E-state index < -0.39 is 0 Å². The third kappa shape index (κ3) is 3.58. The third-order valence-electron chi connectivity index (χ3n) is 4.09. The van der Waals surface area contributed by atoms with Crippen LogP contribution in [0.5, 0.6) is 0 Å². The molecule has 1 atom stereocenters. The molecule has 0 spiro atoms. The Labute approximate surface area is 121 Å². The van der Waals surface area contributed by atoms with Crippen LogP contribution in [0.2, 0.25) is 0 Å². The first-order chi connectivity index (χ1) is 9.41. The van der Waals surface area contributed by atoms with Crippen LogP contribution in [-0.4, -0.2) is 29.9 Å². The minimum atomic E-state index is -0.0917. The fourth-order valence-corrected chi connectivity index (χ4v) is 2.62. The minimum absolute atomic E-state index is 0.0585. The average molecular weight is 275 g/mol. The van der Waals surface area contributed by atoms with Gasteiger partial charge in [0.25, 0.3) is 0 Å². The molecule has 0 aromatic heterocycles. The van der Waals surface area contributed by atoms with Crippen molar-refractivity contribution in [3.05, 3.63) is 29.8 Å². The summed E-state index contributed by atoms with van der Waals surface area (Å²) < 4.78 is 0. The van der Waals surface area contributed by atoms with Gasteiger partial charge in [-0.05, 0) is 43.0 Å². The predicted octanol–water partition coefficient (Wildman–Crippen LogP) is 2.20. The van der Waals surface area contributed by atoms with E-state index in [1.165, 1.54) is 0 Å². The number of nitrogens with zero attached hydrogens (tertiary/aromatic N) is 1. The van der Waals surface area contributed by atoms with E-state index in [0.717, 1.165) is 30.8 Å². The van der Waals surface area contributed by atoms with Crippen LogP contribution in [0, 0.1) is 5.41 Å². The van der Waals surface area contributed by atoms with E-state index in [4.69, 9.17) is 5.73 Å². The molecule has 1 aliphatic heterocycles. The van der Waals surface area contributed by atoms with E-state index >= 15 is 0 Å². The van der Waals surface area contributed by atoms with Gasteiger partial charge < -0.3 is 11.1 Å². The number of hydrogen-bond donors (Lipinski definition) is 2. The number of benzene rings is 1. The van der Waals surface area contributed by atoms with E-state index in [-0.39, 0.29) is 11.9 Å². The van der Waals surface area contributed by atoms with E-state index in [1.807, 2.05) is 31.2 Å². The standard InChI is InChI=1S/C16H25N3O/c1-12(19-9-8-16(2,3)11-19)15(20)18-14-6-4-13(10-17)5-7-14/h4-7,12H,8-11,17H2,1-3H3,(H,18,20). The number of carbonyl (C=O) groups is 1. The van der Waals surface area contributed by atoms with Crippen molar-refractivity contribution in [2.24, 2.45) is 11.1 Å². The normalized spacial score (nSPS) is 19.8. The lowest BCUT2D eigenvalue weighted by atomic mass is 9.93. The molecule has 110 valence electrons. The molecule has 0 bridgehead atoms. The lowest BCUT2D eigenvalue weighted by molar-refractivity contribution is -0.120. The molecule has 20 heavy (non-hydrogen) atoms. The Morgan fingerprint density at radius 3 is 2.55 bits per heavy atom. The second kappa shape index (κ2) is 5.94. The zero-order valence-electron chi connectivity index (χ0n) is 12.6. The highest BCUT2D eigenvalue weighted by Gasteiger charge is 2.34. The van der Waals surface area contributed by atoms with Gasteiger partial charge in [-0.3, -0.25) is 9.69 Å². The van der Waals surface area contributed by atoms with Crippen LogP contribution in [-0.2, 0) is 11.3 Å². The molecular formula is C16H25N3O. The number of nitrogens with one attached hydrogen (secondary N) is 1. The Morgan fingerprint density at radius 1 is 1.40 bits per heavy atom. The number of hydrogen-bond acceptors (Lipinski definition) is 3. The molecule has 4 heteroatoms. The summed E-state index contributed by atoms with van der Waals surface area (Å²) in [4.78, 5) is 14.5. The highest BCUT2D eigenvalue weighted by molar-refractivity contribution is 5.94. The Balaban J connectivity index is 1.93. The molecule has 1 aromatic carbocycles. The molecule has 2 rings (SSSR count). The molecular weight excluding hydrogens is 250 g/mol. The van der Waals surface area contributed by atoms with E-state index in [9.17, 15) is 4.79 Å². The molecule has 1 unspecified atom stereocenters. The van der Waals surface area contributed by atoms with Crippen LogP contribution < -0.4 is 11.1 Å². The van der Waals surface area contributed by atoms with E-state index in [0.29, 0.717) is 12.0 Å². The molecule has 1 saturated heterocycles. The Kier molecular flexibility index (Phi) is 4.45. The molecule has 0 saturated carbocycles. The van der Waals surface area contributed by atoms with Crippen LogP contribution in [0.3, 0.4) is 0 Å². The van der Waals surface area contributed by atoms with E-state index in [2.05, 4.69) is 24.1 Å². The molecule has 1 aromatic rings. The predicted molar refractivity (Wildman–Crippen MR) is 82.4 cm³/mol. The molecule has 1 amide bonds. The Bertz CT molecular complexity index is 467. The second-order valence-corrected chi connectivity index (χ2v) is 6.45. The number of carbonyl (C=O) groups excluding carboxylic acids is 1. The van der Waals surface area contributed by atoms with Crippen molar-refractivity contribution in [1.82, 2.24) is 4.90 Å². The maximum atomic E-state index is 12.3. The molecule has 1 heterocycles. The van der Waals surface area contributed by atoms with E-state index in [1.54, 1.807) is 0 Å². The van der Waals surface area contributed by atoms with Gasteiger partial charge >= 0.3 is 0 Å². The molecule has 0 radical (unpaired) electrons. The van der Waals surface area contributed by atoms with Gasteiger partial charge in [-0.2, -0.15) is 0 Å². The molecule has 1 aliphatic rings. The first-order valence-electron chi connectivity index (χ1n) is 7.25. The maximum absolute atomic E-state index is 12.3. The fraction of sp³-hybridized carbons (Fsp3) is 0.562. The Hall–Kier alpha value is -1.39. The lowest BCUT2D eigenvalue weighted by Crippen LogP contribution is -2.41. The molecule has 4 nitrogen and oxygen atoms in total. The molecule has 3 N–H and O–H groups in total. The van der Waals surface area contributed by atoms with Crippen LogP contribution >= 0.6 is 0 Å². The van der Waals surface area contributed by atoms with Gasteiger partial charge in [0.15, 0.2) is 0 Å². The van der Waals surface area contributed by atoms with Gasteiger partial charge in [0.2, 0.25) is 5.91 Å². The van der Waals surface area contributed by atoms with Crippen molar-refractivity contribution < 1.29 is 4.79 Å². The minimum Gasteiger partial charge on any atom is -0.326 e. The zero-order valence-corrected chi connectivity index (χ0v) is 12.6. The van der Waals surface area contributed by atoms with Crippen molar-refractivity contribution in [3.8, 4) is 0 Å². The Morgan fingerprint density at radius 2 is 2.05 bits per heavy atom. The zero-order chi connectivity index (χ0) is 14.8. The summed E-state index contributed by atoms with van der Waals surface area (Å²) in [6, 6.07) is 7.60. The first-order valence-corrected chi connectivity index (χ1v) is 7.25. The van der Waals surface area contributed by atoms with Gasteiger partial charge in [0.1, 0.15) is 0 Å². The summed E-state index contributed by atoms with van der Waals surface area (Å²) >= 11 is 0. The quantitative estimate of drug-likeness (QED) is 0.885. The number of likely N-dealkylation sites (tertiary alicyclic amines) is 1. The monoisotopic (exact) mass is 275 g/mol. The highest BCUT2D eigenvalue weighted by Crippen LogP contribution is 2.30. The summed E-state index contributed by atoms with van der Waals surface area (Å²) in [7, 11) is 0. The summed E-state index contributed by atoms with van der Waals surface area (Å²) in [5, 5.41) is 2.98. The topological polar surface area (TPSA) is 58.4 Å². The van der Waals surface area contributed by atoms with Crippen molar-refractivity contribution in [2.45, 2.75) is 39.8 Å². The van der Waals surface area contributed by atoms with Crippen LogP contribution in [0.15, 0.2) is 24.3 Å². The van der Waals surface area contributed by atoms with Crippen LogP contribution in [0.4, 0.5) is 5.69 Å². The van der Waals surface area contributed by atoms with Gasteiger partial charge in [-0.25, -0.2) is 0 Å². The van der Waals surface area contributed by atoms with Crippen LogP contribution in [0.1, 0.15) is 32.8 Å². The average Bonchev–Trinajstić information content (AvgIpc) is 2.79. The molecule has 0 aliphatic carbocycles. The summed E-state index contributed by atoms with van der Waals surface area (Å²) in [5.74, 6) is 0.0585. The van der Waals surface area contributed by atoms with Crippen molar-refractivity contribution in [2.75, 3.05) is 18.4 Å². The second-order valence-electron chi connectivity index (χ2n) is 6.45. The smallest absolute Gasteiger partial charge is 0.241 e. The summed E-state index contributed by atoms with van der Waals surface area (Å²) in [6.45, 7) is 8.98. The van der Waals surface area contributed by atoms with Crippen molar-refractivity contribution in [1.29, 1.82) is 0 Å². The van der Waals surface area contributed by atoms with Gasteiger partial charge in [-0.15, -0.1) is 0 Å². The fourth-order valence-electron chi connectivity index (χ4n) is 2.62.